The molecule has 0 heterocycles. The lowest BCUT2D eigenvalue weighted by atomic mass is 9.99. The van der Waals surface area contributed by atoms with Crippen molar-refractivity contribution in [2.24, 2.45) is 11.8 Å². The second-order valence-electron chi connectivity index (χ2n) is 7.05. The molecule has 0 saturated heterocycles. The van der Waals surface area contributed by atoms with Crippen LogP contribution in [0.4, 0.5) is 0 Å². The van der Waals surface area contributed by atoms with E-state index in [9.17, 15) is 19.5 Å². The summed E-state index contributed by atoms with van der Waals surface area (Å²) in [5.74, 6) is 0.334. The topological polar surface area (TPSA) is 108 Å². The van der Waals surface area contributed by atoms with Gasteiger partial charge in [0.1, 0.15) is 18.2 Å². The summed E-state index contributed by atoms with van der Waals surface area (Å²) < 4.78 is 0. The van der Waals surface area contributed by atoms with E-state index in [0.29, 0.717) is 18.3 Å². The highest BCUT2D eigenvalue weighted by Gasteiger charge is 2.25. The summed E-state index contributed by atoms with van der Waals surface area (Å²) in [4.78, 5) is 32.4. The monoisotopic (exact) mass is 375 g/mol. The summed E-state index contributed by atoms with van der Waals surface area (Å²) in [6.07, 6.45) is 1.47. The third-order valence-corrected chi connectivity index (χ3v) is 3.52. The first-order valence-electron chi connectivity index (χ1n) is 8.83. The van der Waals surface area contributed by atoms with E-state index in [1.54, 1.807) is 14.1 Å². The van der Waals surface area contributed by atoms with Gasteiger partial charge in [-0.1, -0.05) is 35.1 Å². The molecule has 0 saturated carbocycles. The van der Waals surface area contributed by atoms with E-state index in [1.165, 1.54) is 6.92 Å². The number of hydrogen-bond donors (Lipinski definition) is 4. The highest BCUT2D eigenvalue weighted by molar-refractivity contribution is 5.87. The molecule has 0 aromatic heterocycles. The smallest absolute Gasteiger partial charge is 0.250 e. The molecule has 3 atom stereocenters. The molecule has 0 aliphatic carbocycles. The Morgan fingerprint density at radius 1 is 1.00 bits per heavy atom. The van der Waals surface area contributed by atoms with E-state index in [2.05, 4.69) is 29.8 Å². The number of rotatable bonds is 11. The Hall–Kier alpha value is -1.31. The van der Waals surface area contributed by atoms with Gasteiger partial charge in [-0.05, 0) is 45.7 Å². The molecule has 1 amide bonds. The van der Waals surface area contributed by atoms with Crippen molar-refractivity contribution in [3.63, 3.8) is 0 Å². The summed E-state index contributed by atoms with van der Waals surface area (Å²) >= 11 is 0. The van der Waals surface area contributed by atoms with E-state index in [1.807, 2.05) is 13.8 Å². The SMILES string of the molecule is C.CN[C@@H](CC(C)C)C(O)C(=O)NCC(C)=O.CN[C@H](C=O)CC(C)C. The normalized spacial score (nSPS) is 13.8. The Morgan fingerprint density at radius 2 is 1.50 bits per heavy atom. The Labute approximate surface area is 159 Å². The molecule has 26 heavy (non-hydrogen) atoms. The van der Waals surface area contributed by atoms with Crippen molar-refractivity contribution in [2.75, 3.05) is 20.6 Å². The van der Waals surface area contributed by atoms with Crippen LogP contribution in [0.2, 0.25) is 0 Å². The lowest BCUT2D eigenvalue weighted by molar-refractivity contribution is -0.132. The minimum absolute atomic E-state index is 0. The Morgan fingerprint density at radius 3 is 1.77 bits per heavy atom. The fourth-order valence-corrected chi connectivity index (χ4v) is 2.16. The van der Waals surface area contributed by atoms with Crippen LogP contribution in [0.3, 0.4) is 0 Å². The maximum atomic E-state index is 11.5. The van der Waals surface area contributed by atoms with Gasteiger partial charge in [0.25, 0.3) is 5.91 Å². The first-order valence-corrected chi connectivity index (χ1v) is 8.83. The molecule has 0 rings (SSSR count). The molecular formula is C19H41N3O4. The van der Waals surface area contributed by atoms with Gasteiger partial charge in [-0.2, -0.15) is 0 Å². The van der Waals surface area contributed by atoms with E-state index in [4.69, 9.17) is 0 Å². The van der Waals surface area contributed by atoms with Crippen LogP contribution < -0.4 is 16.0 Å². The average Bonchev–Trinajstić information content (AvgIpc) is 2.54. The Kier molecular flexibility index (Phi) is 19.4. The van der Waals surface area contributed by atoms with Gasteiger partial charge in [0, 0.05) is 6.04 Å². The zero-order valence-electron chi connectivity index (χ0n) is 16.8. The molecule has 0 radical (unpaired) electrons. The molecule has 0 aliphatic rings. The molecule has 1 unspecified atom stereocenters. The van der Waals surface area contributed by atoms with Gasteiger partial charge < -0.3 is 25.9 Å². The number of carbonyl (C=O) groups is 3. The van der Waals surface area contributed by atoms with Crippen LogP contribution in [0.5, 0.6) is 0 Å². The third kappa shape index (κ3) is 16.2. The fraction of sp³-hybridized carbons (Fsp3) is 0.842. The molecule has 7 heteroatoms. The minimum Gasteiger partial charge on any atom is -0.382 e. The first kappa shape index (κ1) is 29.5. The second-order valence-corrected chi connectivity index (χ2v) is 7.05. The molecule has 0 fully saturated rings. The molecule has 7 nitrogen and oxygen atoms in total. The number of nitrogens with one attached hydrogen (secondary N) is 3. The highest BCUT2D eigenvalue weighted by atomic mass is 16.3. The highest BCUT2D eigenvalue weighted by Crippen LogP contribution is 2.08. The van der Waals surface area contributed by atoms with Crippen LogP contribution >= 0.6 is 0 Å². The molecule has 0 aromatic rings. The van der Waals surface area contributed by atoms with Crippen molar-refractivity contribution in [2.45, 2.75) is 73.1 Å². The van der Waals surface area contributed by atoms with Gasteiger partial charge in [0.2, 0.25) is 0 Å². The number of hydrogen-bond acceptors (Lipinski definition) is 6. The van der Waals surface area contributed by atoms with E-state index in [-0.39, 0.29) is 31.8 Å². The summed E-state index contributed by atoms with van der Waals surface area (Å²) in [5.41, 5.74) is 0. The molecule has 4 N–H and O–H groups in total. The first-order chi connectivity index (χ1) is 11.6. The average molecular weight is 376 g/mol. The zero-order valence-corrected chi connectivity index (χ0v) is 16.8. The lowest BCUT2D eigenvalue weighted by Gasteiger charge is -2.23. The van der Waals surface area contributed by atoms with Gasteiger partial charge in [-0.25, -0.2) is 0 Å². The van der Waals surface area contributed by atoms with Crippen LogP contribution in [-0.2, 0) is 14.4 Å². The molecule has 0 spiro atoms. The van der Waals surface area contributed by atoms with Crippen LogP contribution in [0, 0.1) is 11.8 Å². The van der Waals surface area contributed by atoms with Crippen molar-refractivity contribution < 1.29 is 19.5 Å². The Balaban J connectivity index is -0.000000453. The molecule has 0 aromatic carbocycles. The fourth-order valence-electron chi connectivity index (χ4n) is 2.16. The van der Waals surface area contributed by atoms with Crippen LogP contribution in [0.25, 0.3) is 0 Å². The second kappa shape index (κ2) is 17.1. The minimum atomic E-state index is -1.12. The number of aliphatic hydroxyl groups excluding tert-OH is 1. The van der Waals surface area contributed by atoms with Crippen molar-refractivity contribution in [1.82, 2.24) is 16.0 Å². The maximum absolute atomic E-state index is 11.5. The number of aldehydes is 1. The van der Waals surface area contributed by atoms with E-state index >= 15 is 0 Å². The van der Waals surface area contributed by atoms with Crippen molar-refractivity contribution in [3.05, 3.63) is 0 Å². The van der Waals surface area contributed by atoms with E-state index < -0.39 is 12.0 Å². The number of amides is 1. The number of likely N-dealkylation sites (N-methyl/N-ethyl adjacent to an activating group) is 2. The van der Waals surface area contributed by atoms with Gasteiger partial charge in [-0.15, -0.1) is 0 Å². The van der Waals surface area contributed by atoms with Crippen LogP contribution in [0.15, 0.2) is 0 Å². The van der Waals surface area contributed by atoms with Crippen LogP contribution in [0.1, 0.15) is 54.9 Å². The summed E-state index contributed by atoms with van der Waals surface area (Å²) in [7, 11) is 3.51. The molecular weight excluding hydrogens is 334 g/mol. The third-order valence-electron chi connectivity index (χ3n) is 3.52. The van der Waals surface area contributed by atoms with Crippen molar-refractivity contribution in [3.8, 4) is 0 Å². The lowest BCUT2D eigenvalue weighted by Crippen LogP contribution is -2.49. The quantitative estimate of drug-likeness (QED) is 0.404. The van der Waals surface area contributed by atoms with Crippen molar-refractivity contribution in [1.29, 1.82) is 0 Å². The number of aliphatic hydroxyl groups is 1. The molecule has 0 aliphatic heterocycles. The van der Waals surface area contributed by atoms with E-state index in [0.717, 1.165) is 12.7 Å². The number of Topliss-reactive ketones (excluding diaryl/α,β-unsaturated/α-hetero) is 1. The summed E-state index contributed by atoms with van der Waals surface area (Å²) in [6, 6.07) is -0.239. The predicted molar refractivity (Wildman–Crippen MR) is 107 cm³/mol. The number of carbonyl (C=O) groups excluding carboxylic acids is 3. The van der Waals surface area contributed by atoms with Gasteiger partial charge in [0.15, 0.2) is 0 Å². The van der Waals surface area contributed by atoms with Crippen LogP contribution in [-0.4, -0.2) is 61.9 Å². The molecule has 156 valence electrons. The van der Waals surface area contributed by atoms with Crippen molar-refractivity contribution >= 4 is 18.0 Å². The molecule has 0 bridgehead atoms. The van der Waals surface area contributed by atoms with Gasteiger partial charge >= 0.3 is 0 Å². The summed E-state index contributed by atoms with van der Waals surface area (Å²) in [5, 5.41) is 18.0. The summed E-state index contributed by atoms with van der Waals surface area (Å²) in [6.45, 7) is 9.60. The maximum Gasteiger partial charge on any atom is 0.250 e. The van der Waals surface area contributed by atoms with Gasteiger partial charge in [0.05, 0.1) is 12.6 Å². The van der Waals surface area contributed by atoms with Gasteiger partial charge in [-0.3, -0.25) is 9.59 Å². The predicted octanol–water partition coefficient (Wildman–Crippen LogP) is 1.14. The standard InChI is InChI=1S/C11H22N2O3.C7H15NO.CH4/c1-7(2)5-9(12-4)10(15)11(16)13-6-8(3)14;1-6(2)4-7(5-9)8-3;/h7,9-10,12,15H,5-6H2,1-4H3,(H,13,16);5-8H,4H2,1-3H3;1H4/t9-,10?;7-;/m00./s1. The number of ketones is 1. The largest absolute Gasteiger partial charge is 0.382 e. The zero-order chi connectivity index (χ0) is 20.0. The Bertz CT molecular complexity index is 387.